The van der Waals surface area contributed by atoms with Crippen LogP contribution in [0.5, 0.6) is 0 Å². The van der Waals surface area contributed by atoms with E-state index in [1.807, 2.05) is 49.4 Å². The molecule has 2 aromatic heterocycles. The van der Waals surface area contributed by atoms with Crippen molar-refractivity contribution in [2.45, 2.75) is 45.1 Å². The van der Waals surface area contributed by atoms with Crippen molar-refractivity contribution in [3.8, 4) is 0 Å². The summed E-state index contributed by atoms with van der Waals surface area (Å²) >= 11 is 1.39. The van der Waals surface area contributed by atoms with E-state index < -0.39 is 12.2 Å². The third-order valence-corrected chi connectivity index (χ3v) is 9.58. The summed E-state index contributed by atoms with van der Waals surface area (Å²) in [6, 6.07) is 18.2. The maximum atomic E-state index is 14.3. The molecule has 11 nitrogen and oxygen atoms in total. The molecule has 0 radical (unpaired) electrons. The lowest BCUT2D eigenvalue weighted by Gasteiger charge is -2.46. The Labute approximate surface area is 274 Å². The summed E-state index contributed by atoms with van der Waals surface area (Å²) in [4.78, 5) is 49.7. The molecular weight excluding hydrogens is 621 g/mol. The molecule has 13 heteroatoms. The van der Waals surface area contributed by atoms with E-state index in [2.05, 4.69) is 10.3 Å². The number of hydrazine groups is 1. The van der Waals surface area contributed by atoms with Crippen LogP contribution < -0.4 is 11.1 Å². The molecule has 3 N–H and O–H groups in total. The van der Waals surface area contributed by atoms with Crippen molar-refractivity contribution < 1.29 is 23.2 Å². The van der Waals surface area contributed by atoms with Crippen molar-refractivity contribution in [1.82, 2.24) is 30.1 Å². The van der Waals surface area contributed by atoms with Gasteiger partial charge in [-0.15, -0.1) is 0 Å². The molecule has 0 bridgehead atoms. The number of aromatic nitrogens is 1. The number of para-hydroxylation sites is 1. The normalized spacial score (nSPS) is 18.3. The molecule has 0 unspecified atom stereocenters. The molecule has 2 fully saturated rings. The lowest BCUT2D eigenvalue weighted by Crippen LogP contribution is -2.66. The topological polar surface area (TPSA) is 128 Å². The van der Waals surface area contributed by atoms with Gasteiger partial charge in [-0.2, -0.15) is 5.01 Å². The summed E-state index contributed by atoms with van der Waals surface area (Å²) in [6.07, 6.45) is 1.98. The van der Waals surface area contributed by atoms with Gasteiger partial charge in [-0.05, 0) is 59.5 Å². The number of halogens is 1. The van der Waals surface area contributed by atoms with Gasteiger partial charge < -0.3 is 25.3 Å². The van der Waals surface area contributed by atoms with Gasteiger partial charge in [-0.3, -0.25) is 14.6 Å². The number of nitrogens with two attached hydrogens (primary N) is 1. The Kier molecular flexibility index (Phi) is 8.24. The second-order valence-electron chi connectivity index (χ2n) is 11.8. The smallest absolute Gasteiger partial charge is 0.332 e. The van der Waals surface area contributed by atoms with E-state index in [9.17, 15) is 18.8 Å². The number of hydrogen-bond acceptors (Lipinski definition) is 8. The van der Waals surface area contributed by atoms with Crippen molar-refractivity contribution in [3.05, 3.63) is 95.5 Å². The summed E-state index contributed by atoms with van der Waals surface area (Å²) in [7, 11) is 0. The van der Waals surface area contributed by atoms with Crippen molar-refractivity contribution in [3.63, 3.8) is 0 Å². The Hall–Kier alpha value is -5.01. The van der Waals surface area contributed by atoms with Gasteiger partial charge in [0, 0.05) is 31.4 Å². The number of nitrogens with zero attached hydrogens (tertiary/aromatic N) is 5. The van der Waals surface area contributed by atoms with Crippen LogP contribution >= 0.6 is 11.3 Å². The first-order chi connectivity index (χ1) is 22.8. The molecule has 4 heterocycles. The Morgan fingerprint density at radius 1 is 1.13 bits per heavy atom. The molecule has 4 amide bonds. The molecule has 47 heavy (non-hydrogen) atoms. The number of furan rings is 1. The lowest BCUT2D eigenvalue weighted by molar-refractivity contribution is -0.157. The third-order valence-electron chi connectivity index (χ3n) is 8.73. The quantitative estimate of drug-likeness (QED) is 0.235. The average Bonchev–Trinajstić information content (AvgIpc) is 3.77. The minimum absolute atomic E-state index is 0.0504. The number of nitrogens with one attached hydrogen (secondary N) is 1. The van der Waals surface area contributed by atoms with E-state index in [0.717, 1.165) is 37.9 Å². The third kappa shape index (κ3) is 5.99. The monoisotopic (exact) mass is 655 g/mol. The van der Waals surface area contributed by atoms with Crippen LogP contribution in [-0.2, 0) is 29.1 Å². The highest BCUT2D eigenvalue weighted by Gasteiger charge is 2.52. The number of rotatable bonds is 9. The first-order valence-corrected chi connectivity index (χ1v) is 16.4. The van der Waals surface area contributed by atoms with Gasteiger partial charge in [0.15, 0.2) is 5.13 Å². The fourth-order valence-electron chi connectivity index (χ4n) is 6.54. The fraction of sp³-hybridized carbons (Fsp3) is 0.294. The minimum Gasteiger partial charge on any atom is -0.464 e. The highest BCUT2D eigenvalue weighted by atomic mass is 32.1. The Morgan fingerprint density at radius 3 is 2.74 bits per heavy atom. The van der Waals surface area contributed by atoms with E-state index in [4.69, 9.17) is 10.2 Å². The molecule has 7 rings (SSSR count). The van der Waals surface area contributed by atoms with Gasteiger partial charge in [0.2, 0.25) is 11.8 Å². The standard InChI is InChI=1S/C34H34FN7O4S/c1-2-13-40(34(45)37-17-21-6-9-25(35)10-7-21)41-20-30(43)42-26(16-22-8-11-27-23(15-22)12-14-46-27)32(44)39(19-29(41)42)18-24-4-3-5-28-31(24)38-33(36)47-28/h3-12,14-15,26,29H,2,13,16-20H2,1H3,(H2,36,38)(H,37,45)/t26-,29+/m0/s1. The van der Waals surface area contributed by atoms with Crippen molar-refractivity contribution in [2.75, 3.05) is 25.4 Å². The van der Waals surface area contributed by atoms with Crippen LogP contribution in [0.1, 0.15) is 30.0 Å². The van der Waals surface area contributed by atoms with Crippen LogP contribution in [-0.4, -0.2) is 74.5 Å². The molecule has 2 aliphatic heterocycles. The Morgan fingerprint density at radius 2 is 1.94 bits per heavy atom. The maximum absolute atomic E-state index is 14.3. The number of anilines is 1. The zero-order valence-electron chi connectivity index (χ0n) is 25.8. The number of carbonyl (C=O) groups is 3. The molecule has 0 spiro atoms. The molecule has 0 saturated carbocycles. The number of urea groups is 1. The van der Waals surface area contributed by atoms with Gasteiger partial charge in [-0.25, -0.2) is 14.2 Å². The van der Waals surface area contributed by atoms with Gasteiger partial charge in [0.05, 0.1) is 29.6 Å². The Bertz CT molecular complexity index is 1960. The predicted molar refractivity (Wildman–Crippen MR) is 176 cm³/mol. The van der Waals surface area contributed by atoms with Crippen molar-refractivity contribution in [2.24, 2.45) is 0 Å². The zero-order chi connectivity index (χ0) is 32.7. The number of amides is 4. The number of piperazine rings is 1. The SMILES string of the molecule is CCCN(C(=O)NCc1ccc(F)cc1)N1CC(=O)N2[C@@H](Cc3ccc4occc4c3)C(=O)N(Cc3cccc4sc(N)nc34)C[C@@H]21. The second-order valence-corrected chi connectivity index (χ2v) is 12.9. The number of fused-ring (bicyclic) bond motifs is 3. The average molecular weight is 656 g/mol. The highest BCUT2D eigenvalue weighted by molar-refractivity contribution is 7.22. The number of carbonyl (C=O) groups excluding carboxylic acids is 3. The van der Waals surface area contributed by atoms with Crippen LogP contribution in [0.4, 0.5) is 14.3 Å². The zero-order valence-corrected chi connectivity index (χ0v) is 26.6. The van der Waals surface area contributed by atoms with Crippen molar-refractivity contribution in [1.29, 1.82) is 0 Å². The van der Waals surface area contributed by atoms with E-state index >= 15 is 0 Å². The lowest BCUT2D eigenvalue weighted by atomic mass is 9.99. The first kappa shape index (κ1) is 30.6. The summed E-state index contributed by atoms with van der Waals surface area (Å²) in [6.45, 7) is 2.93. The molecule has 242 valence electrons. The van der Waals surface area contributed by atoms with Crippen molar-refractivity contribution >= 4 is 55.5 Å². The highest BCUT2D eigenvalue weighted by Crippen LogP contribution is 2.33. The fourth-order valence-corrected chi connectivity index (χ4v) is 7.32. The van der Waals surface area contributed by atoms with E-state index in [-0.39, 0.29) is 49.8 Å². The van der Waals surface area contributed by atoms with Crippen LogP contribution in [0, 0.1) is 5.82 Å². The number of thiazole rings is 1. The maximum Gasteiger partial charge on any atom is 0.332 e. The molecule has 2 atom stereocenters. The molecule has 0 aliphatic carbocycles. The first-order valence-electron chi connectivity index (χ1n) is 15.6. The Balaban J connectivity index is 1.20. The van der Waals surface area contributed by atoms with E-state index in [0.29, 0.717) is 24.5 Å². The second kappa shape index (κ2) is 12.6. The van der Waals surface area contributed by atoms with Crippen LogP contribution in [0.15, 0.2) is 77.4 Å². The van der Waals surface area contributed by atoms with Crippen LogP contribution in [0.3, 0.4) is 0 Å². The molecular formula is C34H34FN7O4S. The van der Waals surface area contributed by atoms with Gasteiger partial charge in [0.25, 0.3) is 0 Å². The molecule has 3 aromatic carbocycles. The van der Waals surface area contributed by atoms with E-state index in [1.165, 1.54) is 23.5 Å². The largest absolute Gasteiger partial charge is 0.464 e. The number of hydrogen-bond donors (Lipinski definition) is 2. The predicted octanol–water partition coefficient (Wildman–Crippen LogP) is 4.72. The molecule has 2 saturated heterocycles. The summed E-state index contributed by atoms with van der Waals surface area (Å²) in [5, 5.41) is 7.63. The van der Waals surface area contributed by atoms with Crippen LogP contribution in [0.2, 0.25) is 0 Å². The number of benzene rings is 3. The minimum atomic E-state index is -0.791. The van der Waals surface area contributed by atoms with Gasteiger partial charge in [0.1, 0.15) is 23.6 Å². The summed E-state index contributed by atoms with van der Waals surface area (Å²) in [5.74, 6) is -0.751. The van der Waals surface area contributed by atoms with E-state index in [1.54, 1.807) is 38.2 Å². The molecule has 5 aromatic rings. The van der Waals surface area contributed by atoms with Gasteiger partial charge >= 0.3 is 6.03 Å². The number of nitrogen functional groups attached to an aromatic ring is 1. The summed E-state index contributed by atoms with van der Waals surface area (Å²) in [5.41, 5.74) is 10.0. The molecule has 2 aliphatic rings. The van der Waals surface area contributed by atoms with Gasteiger partial charge in [-0.1, -0.05) is 48.6 Å². The summed E-state index contributed by atoms with van der Waals surface area (Å²) < 4.78 is 19.9. The van der Waals surface area contributed by atoms with Crippen LogP contribution in [0.25, 0.3) is 21.2 Å².